The van der Waals surface area contributed by atoms with Gasteiger partial charge < -0.3 is 4.74 Å². The molecular formula is C24H19N5O2S. The summed E-state index contributed by atoms with van der Waals surface area (Å²) in [6.45, 7) is 1.78. The van der Waals surface area contributed by atoms with E-state index in [-0.39, 0.29) is 5.91 Å². The molecule has 0 saturated carbocycles. The van der Waals surface area contributed by atoms with Crippen LogP contribution in [0.2, 0.25) is 0 Å². The molecular weight excluding hydrogens is 422 g/mol. The van der Waals surface area contributed by atoms with Crippen LogP contribution in [-0.2, 0) is 4.79 Å². The molecule has 1 aromatic heterocycles. The summed E-state index contributed by atoms with van der Waals surface area (Å²) in [6.07, 6.45) is 0. The van der Waals surface area contributed by atoms with Crippen molar-refractivity contribution in [2.24, 2.45) is 15.3 Å². The Morgan fingerprint density at radius 1 is 1.03 bits per heavy atom. The summed E-state index contributed by atoms with van der Waals surface area (Å²) < 4.78 is 5.20. The van der Waals surface area contributed by atoms with Crippen LogP contribution in [0, 0.1) is 0 Å². The number of fused-ring (bicyclic) bond motifs is 1. The highest BCUT2D eigenvalue weighted by molar-refractivity contribution is 7.14. The largest absolute Gasteiger partial charge is 0.497 e. The summed E-state index contributed by atoms with van der Waals surface area (Å²) >= 11 is 1.36. The lowest BCUT2D eigenvalue weighted by Gasteiger charge is -2.08. The molecule has 1 atom stereocenters. The fraction of sp³-hybridized carbons (Fsp3) is 0.125. The van der Waals surface area contributed by atoms with Crippen LogP contribution < -0.4 is 9.75 Å². The molecule has 0 fully saturated rings. The standard InChI is InChI=1S/C24H19N5O2S/c1-15-22(27-26-19-10-7-16-5-3-4-6-18(16)13-19)23(30)29(28-15)24-25-21(14-32-24)17-8-11-20(31-2)12-9-17/h3-14,22H,1-2H3/t22-/m0/s1. The van der Waals surface area contributed by atoms with E-state index in [1.54, 1.807) is 14.0 Å². The smallest absolute Gasteiger partial charge is 0.282 e. The van der Waals surface area contributed by atoms with Gasteiger partial charge in [0.25, 0.3) is 5.91 Å². The summed E-state index contributed by atoms with van der Waals surface area (Å²) in [6, 6.07) is 20.7. The molecule has 5 rings (SSSR count). The second-order valence-corrected chi connectivity index (χ2v) is 8.12. The average molecular weight is 442 g/mol. The van der Waals surface area contributed by atoms with Gasteiger partial charge in [0.15, 0.2) is 6.04 Å². The Balaban J connectivity index is 1.35. The number of thiazole rings is 1. The summed E-state index contributed by atoms with van der Waals surface area (Å²) in [5, 5.41) is 18.9. The molecule has 158 valence electrons. The fourth-order valence-corrected chi connectivity index (χ4v) is 4.23. The predicted octanol–water partition coefficient (Wildman–Crippen LogP) is 5.85. The van der Waals surface area contributed by atoms with Crippen molar-refractivity contribution in [3.05, 3.63) is 72.1 Å². The first-order valence-corrected chi connectivity index (χ1v) is 10.9. The van der Waals surface area contributed by atoms with E-state index in [9.17, 15) is 4.79 Å². The number of ether oxygens (including phenoxy) is 1. The van der Waals surface area contributed by atoms with Crippen molar-refractivity contribution in [2.45, 2.75) is 13.0 Å². The third-order valence-corrected chi connectivity index (χ3v) is 5.99. The molecule has 7 nitrogen and oxygen atoms in total. The number of azo groups is 1. The molecule has 2 heterocycles. The van der Waals surface area contributed by atoms with Crippen molar-refractivity contribution >= 4 is 44.5 Å². The number of rotatable bonds is 5. The summed E-state index contributed by atoms with van der Waals surface area (Å²) in [4.78, 5) is 17.6. The van der Waals surface area contributed by atoms with Gasteiger partial charge in [-0.25, -0.2) is 4.98 Å². The molecule has 8 heteroatoms. The van der Waals surface area contributed by atoms with E-state index < -0.39 is 6.04 Å². The van der Waals surface area contributed by atoms with Crippen molar-refractivity contribution in [3.8, 4) is 17.0 Å². The maximum Gasteiger partial charge on any atom is 0.282 e. The lowest BCUT2D eigenvalue weighted by Crippen LogP contribution is -2.29. The van der Waals surface area contributed by atoms with E-state index in [1.807, 2.05) is 72.1 Å². The zero-order chi connectivity index (χ0) is 22.1. The van der Waals surface area contributed by atoms with Crippen LogP contribution >= 0.6 is 11.3 Å². The molecule has 0 bridgehead atoms. The van der Waals surface area contributed by atoms with Crippen molar-refractivity contribution in [1.82, 2.24) is 4.98 Å². The maximum atomic E-state index is 13.0. The average Bonchev–Trinajstić information content (AvgIpc) is 3.42. The van der Waals surface area contributed by atoms with Crippen molar-refractivity contribution in [2.75, 3.05) is 12.1 Å². The van der Waals surface area contributed by atoms with E-state index in [1.165, 1.54) is 16.3 Å². The van der Waals surface area contributed by atoms with Gasteiger partial charge in [0.1, 0.15) is 5.75 Å². The molecule has 0 radical (unpaired) electrons. The van der Waals surface area contributed by atoms with E-state index >= 15 is 0 Å². The molecule has 1 aliphatic rings. The number of methoxy groups -OCH3 is 1. The van der Waals surface area contributed by atoms with Gasteiger partial charge in [-0.1, -0.05) is 30.3 Å². The van der Waals surface area contributed by atoms with Crippen LogP contribution in [0.25, 0.3) is 22.0 Å². The van der Waals surface area contributed by atoms with Gasteiger partial charge in [-0.15, -0.1) is 11.3 Å². The molecule has 1 aliphatic heterocycles. The highest BCUT2D eigenvalue weighted by atomic mass is 32.1. The molecule has 0 aliphatic carbocycles. The summed E-state index contributed by atoms with van der Waals surface area (Å²) in [5.41, 5.74) is 2.99. The van der Waals surface area contributed by atoms with Crippen LogP contribution in [0.4, 0.5) is 10.8 Å². The van der Waals surface area contributed by atoms with Crippen LogP contribution in [0.15, 0.2) is 87.4 Å². The Labute approximate surface area is 188 Å². The SMILES string of the molecule is COc1ccc(-c2csc(N3N=C(C)[C@H](N=Nc4ccc5ccccc5c4)C3=O)n2)cc1. The number of amides is 1. The highest BCUT2D eigenvalue weighted by Gasteiger charge is 2.36. The minimum Gasteiger partial charge on any atom is -0.497 e. The van der Waals surface area contributed by atoms with E-state index in [0.29, 0.717) is 16.5 Å². The second-order valence-electron chi connectivity index (χ2n) is 7.28. The zero-order valence-electron chi connectivity index (χ0n) is 17.5. The number of hydrazone groups is 1. The van der Waals surface area contributed by atoms with Gasteiger partial charge in [0, 0.05) is 10.9 Å². The molecule has 0 saturated heterocycles. The number of hydrogen-bond donors (Lipinski definition) is 0. The molecule has 0 unspecified atom stereocenters. The van der Waals surface area contributed by atoms with Crippen LogP contribution in [0.1, 0.15) is 6.92 Å². The van der Waals surface area contributed by atoms with Crippen molar-refractivity contribution in [3.63, 3.8) is 0 Å². The Hall–Kier alpha value is -3.91. The Bertz CT molecular complexity index is 1360. The van der Waals surface area contributed by atoms with Crippen LogP contribution in [-0.4, -0.2) is 29.8 Å². The predicted molar refractivity (Wildman–Crippen MR) is 127 cm³/mol. The lowest BCUT2D eigenvalue weighted by atomic mass is 10.1. The third kappa shape index (κ3) is 3.76. The fourth-order valence-electron chi connectivity index (χ4n) is 3.45. The molecule has 1 amide bonds. The van der Waals surface area contributed by atoms with Gasteiger partial charge in [-0.05, 0) is 54.1 Å². The van der Waals surface area contributed by atoms with Crippen LogP contribution in [0.5, 0.6) is 5.75 Å². The van der Waals surface area contributed by atoms with E-state index in [4.69, 9.17) is 4.74 Å². The third-order valence-electron chi connectivity index (χ3n) is 5.18. The monoisotopic (exact) mass is 441 g/mol. The normalized spacial score (nSPS) is 16.2. The molecule has 0 spiro atoms. The van der Waals surface area contributed by atoms with Crippen molar-refractivity contribution < 1.29 is 9.53 Å². The van der Waals surface area contributed by atoms with Gasteiger partial charge in [0.2, 0.25) is 5.13 Å². The van der Waals surface area contributed by atoms with E-state index in [2.05, 4.69) is 20.3 Å². The lowest BCUT2D eigenvalue weighted by molar-refractivity contribution is -0.117. The number of aromatic nitrogens is 1. The van der Waals surface area contributed by atoms with E-state index in [0.717, 1.165) is 27.8 Å². The van der Waals surface area contributed by atoms with Crippen LogP contribution in [0.3, 0.4) is 0 Å². The molecule has 32 heavy (non-hydrogen) atoms. The minimum atomic E-state index is -0.755. The number of benzene rings is 3. The quantitative estimate of drug-likeness (QED) is 0.365. The Morgan fingerprint density at radius 2 is 1.81 bits per heavy atom. The second kappa shape index (κ2) is 8.32. The number of nitrogens with zero attached hydrogens (tertiary/aromatic N) is 5. The molecule has 4 aromatic rings. The van der Waals surface area contributed by atoms with Crippen molar-refractivity contribution in [1.29, 1.82) is 0 Å². The van der Waals surface area contributed by atoms with Gasteiger partial charge in [-0.3, -0.25) is 4.79 Å². The maximum absolute atomic E-state index is 13.0. The summed E-state index contributed by atoms with van der Waals surface area (Å²) in [7, 11) is 1.63. The first kappa shape index (κ1) is 20.0. The first-order valence-electron chi connectivity index (χ1n) is 10.0. The number of carbonyl (C=O) groups excluding carboxylic acids is 1. The number of anilines is 1. The molecule has 0 N–H and O–H groups in total. The number of hydrogen-bond acceptors (Lipinski definition) is 7. The topological polar surface area (TPSA) is 79.5 Å². The highest BCUT2D eigenvalue weighted by Crippen LogP contribution is 2.31. The first-order chi connectivity index (χ1) is 15.6. The van der Waals surface area contributed by atoms with Gasteiger partial charge in [-0.2, -0.15) is 20.3 Å². The van der Waals surface area contributed by atoms with Gasteiger partial charge in [0.05, 0.1) is 24.2 Å². The Morgan fingerprint density at radius 3 is 2.59 bits per heavy atom. The Kier molecular flexibility index (Phi) is 5.20. The zero-order valence-corrected chi connectivity index (χ0v) is 18.3. The minimum absolute atomic E-state index is 0.261. The van der Waals surface area contributed by atoms with Gasteiger partial charge >= 0.3 is 0 Å². The summed E-state index contributed by atoms with van der Waals surface area (Å²) in [5.74, 6) is 0.515. The number of carbonyl (C=O) groups is 1. The molecule has 3 aromatic carbocycles.